The average molecular weight is 283 g/mol. The number of primary amides is 1. The van der Waals surface area contributed by atoms with Gasteiger partial charge in [-0.15, -0.1) is 8.80 Å². The fourth-order valence-electron chi connectivity index (χ4n) is 1.41. The molecule has 1 aliphatic rings. The standard InChI is InChI=1S/C9H9N5O4S/c10-7-9(14-19(17,18)13-7)12-5-3-1-2-4(6(5)15)8(11)16/h1-3,15H,(H2,10,13)(H2,11,16)(H,12,14). The molecule has 0 fully saturated rings. The van der Waals surface area contributed by atoms with Crippen molar-refractivity contribution in [2.24, 2.45) is 20.3 Å². The molecule has 6 N–H and O–H groups in total. The van der Waals surface area contributed by atoms with E-state index >= 15 is 0 Å². The monoisotopic (exact) mass is 283 g/mol. The van der Waals surface area contributed by atoms with Gasteiger partial charge in [0.05, 0.1) is 11.3 Å². The smallest absolute Gasteiger partial charge is 0.367 e. The zero-order chi connectivity index (χ0) is 14.2. The number of carbonyl (C=O) groups excluding carboxylic acids is 1. The Balaban J connectivity index is 2.39. The summed E-state index contributed by atoms with van der Waals surface area (Å²) < 4.78 is 28.5. The number of hydrogen-bond donors (Lipinski definition) is 4. The first-order valence-electron chi connectivity index (χ1n) is 4.89. The molecule has 0 bridgehead atoms. The second-order valence-electron chi connectivity index (χ2n) is 3.56. The summed E-state index contributed by atoms with van der Waals surface area (Å²) in [6, 6.07) is 4.15. The summed E-state index contributed by atoms with van der Waals surface area (Å²) in [6.45, 7) is 0. The number of nitrogens with zero attached hydrogens (tertiary/aromatic N) is 2. The Kier molecular flexibility index (Phi) is 2.86. The highest BCUT2D eigenvalue weighted by molar-refractivity contribution is 7.89. The van der Waals surface area contributed by atoms with Crippen LogP contribution in [0.1, 0.15) is 10.4 Å². The van der Waals surface area contributed by atoms with Crippen molar-refractivity contribution in [2.45, 2.75) is 0 Å². The number of amides is 1. The van der Waals surface area contributed by atoms with Gasteiger partial charge in [-0.1, -0.05) is 6.07 Å². The number of amidine groups is 2. The molecule has 1 amide bonds. The lowest BCUT2D eigenvalue weighted by molar-refractivity contribution is 0.0998. The Morgan fingerprint density at radius 1 is 1.32 bits per heavy atom. The predicted molar refractivity (Wildman–Crippen MR) is 68.2 cm³/mol. The third kappa shape index (κ3) is 2.47. The van der Waals surface area contributed by atoms with Crippen molar-refractivity contribution < 1.29 is 18.3 Å². The summed E-state index contributed by atoms with van der Waals surface area (Å²) in [5, 5.41) is 12.3. The zero-order valence-corrected chi connectivity index (χ0v) is 10.2. The minimum Gasteiger partial charge on any atom is -0.505 e. The second-order valence-corrected chi connectivity index (χ2v) is 4.82. The lowest BCUT2D eigenvalue weighted by Crippen LogP contribution is -2.28. The van der Waals surface area contributed by atoms with Gasteiger partial charge >= 0.3 is 10.2 Å². The van der Waals surface area contributed by atoms with Crippen LogP contribution in [0.2, 0.25) is 0 Å². The van der Waals surface area contributed by atoms with Crippen LogP contribution in [0.3, 0.4) is 0 Å². The molecule has 0 spiro atoms. The quantitative estimate of drug-likeness (QED) is 0.505. The van der Waals surface area contributed by atoms with Crippen molar-refractivity contribution in [1.82, 2.24) is 0 Å². The van der Waals surface area contributed by atoms with Crippen LogP contribution in [0.5, 0.6) is 5.75 Å². The number of hydrogen-bond acceptors (Lipinski definition) is 6. The van der Waals surface area contributed by atoms with Crippen LogP contribution < -0.4 is 16.8 Å². The van der Waals surface area contributed by atoms with Gasteiger partial charge in [-0.2, -0.15) is 8.42 Å². The minimum absolute atomic E-state index is 0.0327. The molecular weight excluding hydrogens is 274 g/mol. The fraction of sp³-hybridized carbons (Fsp3) is 0. The molecule has 0 aromatic heterocycles. The number of rotatable bonds is 2. The van der Waals surface area contributed by atoms with Gasteiger partial charge in [-0.25, -0.2) is 0 Å². The number of phenols is 1. The normalized spacial score (nSPS) is 16.6. The molecular formula is C9H9N5O4S. The summed E-state index contributed by atoms with van der Waals surface area (Å²) in [6.07, 6.45) is 0. The van der Waals surface area contributed by atoms with Gasteiger partial charge in [-0.05, 0) is 12.1 Å². The molecule has 1 aromatic rings. The van der Waals surface area contributed by atoms with E-state index in [0.717, 1.165) is 0 Å². The van der Waals surface area contributed by atoms with Crippen LogP contribution in [-0.4, -0.2) is 31.1 Å². The molecule has 2 rings (SSSR count). The second kappa shape index (κ2) is 4.24. The van der Waals surface area contributed by atoms with E-state index in [9.17, 15) is 18.3 Å². The van der Waals surface area contributed by atoms with Crippen molar-refractivity contribution in [2.75, 3.05) is 5.32 Å². The van der Waals surface area contributed by atoms with E-state index < -0.39 is 21.9 Å². The van der Waals surface area contributed by atoms with Crippen LogP contribution in [0.25, 0.3) is 0 Å². The van der Waals surface area contributed by atoms with Gasteiger partial charge in [0, 0.05) is 0 Å². The number of nitrogens with two attached hydrogens (primary N) is 2. The maximum Gasteiger partial charge on any atom is 0.367 e. The molecule has 10 heteroatoms. The highest BCUT2D eigenvalue weighted by Gasteiger charge is 2.23. The summed E-state index contributed by atoms with van der Waals surface area (Å²) in [5.41, 5.74) is 10.3. The van der Waals surface area contributed by atoms with Crippen molar-refractivity contribution in [3.63, 3.8) is 0 Å². The van der Waals surface area contributed by atoms with E-state index in [-0.39, 0.29) is 22.9 Å². The third-order valence-corrected chi connectivity index (χ3v) is 3.06. The van der Waals surface area contributed by atoms with Crippen LogP contribution in [-0.2, 0) is 10.2 Å². The van der Waals surface area contributed by atoms with Crippen molar-refractivity contribution >= 4 is 33.5 Å². The summed E-state index contributed by atoms with van der Waals surface area (Å²) in [7, 11) is -3.99. The van der Waals surface area contributed by atoms with E-state index in [4.69, 9.17) is 11.5 Å². The number of para-hydroxylation sites is 1. The maximum absolute atomic E-state index is 11.1. The first-order chi connectivity index (χ1) is 8.80. The Labute approximate surface area is 107 Å². The molecule has 0 saturated carbocycles. The van der Waals surface area contributed by atoms with E-state index in [2.05, 4.69) is 14.1 Å². The zero-order valence-electron chi connectivity index (χ0n) is 9.36. The van der Waals surface area contributed by atoms with Gasteiger partial charge in [0.25, 0.3) is 5.91 Å². The molecule has 0 radical (unpaired) electrons. The number of anilines is 1. The molecule has 1 aromatic carbocycles. The van der Waals surface area contributed by atoms with Crippen molar-refractivity contribution in [1.29, 1.82) is 0 Å². The molecule has 100 valence electrons. The Hall–Kier alpha value is -2.62. The molecule has 9 nitrogen and oxygen atoms in total. The molecule has 1 aliphatic heterocycles. The van der Waals surface area contributed by atoms with Crippen LogP contribution in [0.4, 0.5) is 5.69 Å². The number of nitrogens with one attached hydrogen (secondary N) is 1. The Morgan fingerprint density at radius 2 is 2.00 bits per heavy atom. The largest absolute Gasteiger partial charge is 0.505 e. The molecule has 19 heavy (non-hydrogen) atoms. The third-order valence-electron chi connectivity index (χ3n) is 2.22. The van der Waals surface area contributed by atoms with E-state index in [0.29, 0.717) is 0 Å². The van der Waals surface area contributed by atoms with E-state index in [1.54, 1.807) is 0 Å². The van der Waals surface area contributed by atoms with E-state index in [1.165, 1.54) is 18.2 Å². The van der Waals surface area contributed by atoms with Gasteiger partial charge in [-0.3, -0.25) is 4.79 Å². The van der Waals surface area contributed by atoms with Gasteiger partial charge < -0.3 is 21.9 Å². The summed E-state index contributed by atoms with van der Waals surface area (Å²) >= 11 is 0. The number of aromatic hydroxyl groups is 1. The molecule has 0 aliphatic carbocycles. The first-order valence-corrected chi connectivity index (χ1v) is 6.29. The van der Waals surface area contributed by atoms with Crippen molar-refractivity contribution in [3.8, 4) is 5.75 Å². The predicted octanol–water partition coefficient (Wildman–Crippen LogP) is -1.08. The highest BCUT2D eigenvalue weighted by atomic mass is 32.2. The Bertz CT molecular complexity index is 722. The Morgan fingerprint density at radius 3 is 2.53 bits per heavy atom. The summed E-state index contributed by atoms with van der Waals surface area (Å²) in [4.78, 5) is 11.0. The summed E-state index contributed by atoms with van der Waals surface area (Å²) in [5.74, 6) is -1.85. The number of carbonyl (C=O) groups is 1. The first kappa shape index (κ1) is 12.8. The lowest BCUT2D eigenvalue weighted by atomic mass is 10.1. The number of benzene rings is 1. The van der Waals surface area contributed by atoms with Crippen LogP contribution >= 0.6 is 0 Å². The lowest BCUT2D eigenvalue weighted by Gasteiger charge is -2.09. The van der Waals surface area contributed by atoms with Gasteiger partial charge in [0.2, 0.25) is 0 Å². The molecule has 0 unspecified atom stereocenters. The van der Waals surface area contributed by atoms with Crippen LogP contribution in [0.15, 0.2) is 27.0 Å². The SMILES string of the molecule is NC(=O)c1cccc(NC2=NS(=O)(=O)N=C2N)c1O. The van der Waals surface area contributed by atoms with Gasteiger partial charge in [0.1, 0.15) is 0 Å². The minimum atomic E-state index is -3.99. The average Bonchev–Trinajstić information content (AvgIpc) is 2.54. The topological polar surface area (TPSA) is 160 Å². The molecule has 0 saturated heterocycles. The van der Waals surface area contributed by atoms with Crippen molar-refractivity contribution in [3.05, 3.63) is 23.8 Å². The van der Waals surface area contributed by atoms with E-state index in [1.807, 2.05) is 0 Å². The molecule has 0 atom stereocenters. The van der Waals surface area contributed by atoms with Gasteiger partial charge in [0.15, 0.2) is 17.4 Å². The maximum atomic E-state index is 11.1. The highest BCUT2D eigenvalue weighted by Crippen LogP contribution is 2.27. The fourth-order valence-corrected chi connectivity index (χ4v) is 2.15. The van der Waals surface area contributed by atoms with Crippen LogP contribution in [0, 0.1) is 0 Å². The molecule has 1 heterocycles.